The van der Waals surface area contributed by atoms with Crippen molar-refractivity contribution in [3.63, 3.8) is 0 Å². The first-order chi connectivity index (χ1) is 33.5. The quantitative estimate of drug-likeness (QED) is 0.149. The van der Waals surface area contributed by atoms with Crippen molar-refractivity contribution in [1.82, 2.24) is 24.5 Å². The van der Waals surface area contributed by atoms with E-state index in [1.807, 2.05) is 24.7 Å². The summed E-state index contributed by atoms with van der Waals surface area (Å²) in [5.74, 6) is 0.811. The number of para-hydroxylation sites is 2. The van der Waals surface area contributed by atoms with Gasteiger partial charge < -0.3 is 4.98 Å². The largest absolute Gasteiger partial charge is 2.00 e. The molecule has 12 aromatic rings. The Bertz CT molecular complexity index is 3890. The molecule has 0 aliphatic heterocycles. The molecule has 0 N–H and O–H groups in total. The maximum Gasteiger partial charge on any atom is 2.00 e. The first kappa shape index (κ1) is 42.4. The summed E-state index contributed by atoms with van der Waals surface area (Å²) in [6.45, 7) is 6.59. The van der Waals surface area contributed by atoms with Gasteiger partial charge in [0.25, 0.3) is 0 Å². The third-order valence-corrected chi connectivity index (χ3v) is 14.0. The van der Waals surface area contributed by atoms with Crippen molar-refractivity contribution >= 4 is 32.8 Å². The number of aromatic nitrogens is 5. The van der Waals surface area contributed by atoms with Gasteiger partial charge in [-0.15, -0.1) is 46.4 Å². The van der Waals surface area contributed by atoms with Crippen LogP contribution in [0.25, 0.3) is 94.4 Å². The second-order valence-electron chi connectivity index (χ2n) is 18.1. The number of aryl methyl sites for hydroxylation is 3. The van der Waals surface area contributed by atoms with E-state index < -0.39 is 5.41 Å². The SMILES string of the molecule is Cc1cc(C)c(-c2cccc(-n3c(-c4cc(-c5ccncc5)cc5c4[n-]c4ccccc45)nc4c(-c5[c-]c(C6(c7ccccn7)c7ccccc7-c7ccccc76)ccc5)cccc43)c2)c(C)c1.[Pt+2]. The van der Waals surface area contributed by atoms with Crippen LogP contribution >= 0.6 is 0 Å². The predicted octanol–water partition coefficient (Wildman–Crippen LogP) is 14.8. The first-order valence-electron chi connectivity index (χ1n) is 23.2. The molecule has 8 aromatic carbocycles. The molecular weight excluding hydrogens is 1020 g/mol. The molecule has 0 atom stereocenters. The number of benzene rings is 8. The van der Waals surface area contributed by atoms with Gasteiger partial charge in [0.2, 0.25) is 0 Å². The molecule has 0 unspecified atom stereocenters. The molecule has 0 saturated carbocycles. The second-order valence-corrected chi connectivity index (χ2v) is 18.1. The van der Waals surface area contributed by atoms with Crippen LogP contribution in [0.1, 0.15) is 39.1 Å². The summed E-state index contributed by atoms with van der Waals surface area (Å²) in [6, 6.07) is 71.5. The van der Waals surface area contributed by atoms with Gasteiger partial charge in [0, 0.05) is 29.8 Å². The molecule has 0 saturated heterocycles. The Balaban J connectivity index is 0.00000492. The van der Waals surface area contributed by atoms with Gasteiger partial charge in [-0.05, 0) is 142 Å². The number of nitrogens with zero attached hydrogens (tertiary/aromatic N) is 5. The van der Waals surface area contributed by atoms with Crippen LogP contribution in [-0.2, 0) is 26.5 Å². The van der Waals surface area contributed by atoms with Crippen LogP contribution < -0.4 is 4.98 Å². The summed E-state index contributed by atoms with van der Waals surface area (Å²) in [7, 11) is 0. The molecule has 0 fully saturated rings. The minimum absolute atomic E-state index is 0. The molecule has 6 heteroatoms. The first-order valence-corrected chi connectivity index (χ1v) is 23.2. The Morgan fingerprint density at radius 1 is 0.536 bits per heavy atom. The number of fused-ring (bicyclic) bond motifs is 7. The number of rotatable bonds is 7. The summed E-state index contributed by atoms with van der Waals surface area (Å²) in [5.41, 5.74) is 22.1. The van der Waals surface area contributed by atoms with Gasteiger partial charge in [-0.2, -0.15) is 0 Å². The molecule has 0 radical (unpaired) electrons. The fourth-order valence-electron chi connectivity index (χ4n) is 11.3. The third kappa shape index (κ3) is 6.60. The van der Waals surface area contributed by atoms with Crippen LogP contribution in [0.5, 0.6) is 0 Å². The fourth-order valence-corrected chi connectivity index (χ4v) is 11.3. The smallest absolute Gasteiger partial charge is 0.656 e. The van der Waals surface area contributed by atoms with Crippen LogP contribution in [0.2, 0.25) is 0 Å². The fraction of sp³-hybridized carbons (Fsp3) is 0.0635. The molecule has 330 valence electrons. The average molecular weight is 1070 g/mol. The normalized spacial score (nSPS) is 12.6. The Morgan fingerprint density at radius 2 is 1.23 bits per heavy atom. The van der Waals surface area contributed by atoms with E-state index in [1.165, 1.54) is 44.5 Å². The molecule has 1 aliphatic rings. The zero-order valence-corrected chi connectivity index (χ0v) is 40.5. The van der Waals surface area contributed by atoms with E-state index in [9.17, 15) is 0 Å². The summed E-state index contributed by atoms with van der Waals surface area (Å²) in [6.07, 6.45) is 5.61. The molecule has 13 rings (SSSR count). The van der Waals surface area contributed by atoms with E-state index in [0.29, 0.717) is 0 Å². The number of imidazole rings is 1. The van der Waals surface area contributed by atoms with E-state index in [0.717, 1.165) is 89.0 Å². The molecule has 69 heavy (non-hydrogen) atoms. The third-order valence-electron chi connectivity index (χ3n) is 14.0. The minimum atomic E-state index is -0.694. The van der Waals surface area contributed by atoms with Crippen molar-refractivity contribution in [2.75, 3.05) is 0 Å². The van der Waals surface area contributed by atoms with E-state index in [2.05, 4.69) is 218 Å². The average Bonchev–Trinajstić information content (AvgIpc) is 4.05. The summed E-state index contributed by atoms with van der Waals surface area (Å²) in [4.78, 5) is 20.6. The van der Waals surface area contributed by atoms with E-state index in [-0.39, 0.29) is 21.1 Å². The van der Waals surface area contributed by atoms with Crippen molar-refractivity contribution in [2.45, 2.75) is 26.2 Å². The van der Waals surface area contributed by atoms with Crippen LogP contribution in [0.4, 0.5) is 0 Å². The standard InChI is InChI=1S/C63H43N5.Pt/c1-39-33-40(2)59(41(3)34-39)44-16-13-18-47(36-44)68-57-26-14-22-48(61(57)67-62(68)53-38-45(42-28-31-64-32-29-42)37-52-51-21-6-9-25-56(51)66-60(52)53)43-15-12-17-46(35-43)63(58-27-10-11-30-65-58)54-23-7-4-19-49(54)50-20-5-8-24-55(50)63;/h4-34,36-38H,1-3H3;/q-2;+2. The van der Waals surface area contributed by atoms with Crippen molar-refractivity contribution in [2.24, 2.45) is 0 Å². The van der Waals surface area contributed by atoms with Crippen molar-refractivity contribution in [3.8, 4) is 61.6 Å². The zero-order valence-electron chi connectivity index (χ0n) is 38.2. The maximum absolute atomic E-state index is 5.79. The number of pyridine rings is 2. The molecule has 4 heterocycles. The monoisotopic (exact) mass is 1060 g/mol. The van der Waals surface area contributed by atoms with Gasteiger partial charge in [0.1, 0.15) is 5.82 Å². The molecule has 5 nitrogen and oxygen atoms in total. The van der Waals surface area contributed by atoms with Crippen LogP contribution in [0, 0.1) is 26.8 Å². The minimum Gasteiger partial charge on any atom is -0.656 e. The molecule has 4 aromatic heterocycles. The number of hydrogen-bond donors (Lipinski definition) is 0. The van der Waals surface area contributed by atoms with Crippen molar-refractivity contribution < 1.29 is 21.1 Å². The second kappa shape index (κ2) is 16.7. The van der Waals surface area contributed by atoms with Crippen molar-refractivity contribution in [1.29, 1.82) is 0 Å². The maximum atomic E-state index is 5.79. The summed E-state index contributed by atoms with van der Waals surface area (Å²) >= 11 is 0. The van der Waals surface area contributed by atoms with Crippen LogP contribution in [0.15, 0.2) is 207 Å². The van der Waals surface area contributed by atoms with Gasteiger partial charge in [0.15, 0.2) is 0 Å². The van der Waals surface area contributed by atoms with Crippen LogP contribution in [0.3, 0.4) is 0 Å². The van der Waals surface area contributed by atoms with Crippen molar-refractivity contribution in [3.05, 3.63) is 252 Å². The Labute approximate surface area is 415 Å². The topological polar surface area (TPSA) is 57.7 Å². The molecule has 0 amide bonds. The summed E-state index contributed by atoms with van der Waals surface area (Å²) < 4.78 is 2.34. The van der Waals surface area contributed by atoms with Gasteiger partial charge in [-0.3, -0.25) is 14.5 Å². The van der Waals surface area contributed by atoms with E-state index in [1.54, 1.807) is 0 Å². The molecular formula is C63H43N5Pt. The van der Waals surface area contributed by atoms with E-state index in [4.69, 9.17) is 15.0 Å². The Kier molecular flexibility index (Phi) is 10.2. The van der Waals surface area contributed by atoms with Gasteiger partial charge in [-0.1, -0.05) is 126 Å². The molecule has 0 bridgehead atoms. The Morgan fingerprint density at radius 3 is 2.00 bits per heavy atom. The van der Waals surface area contributed by atoms with Crippen LogP contribution in [-0.4, -0.2) is 19.5 Å². The molecule has 0 spiro atoms. The van der Waals surface area contributed by atoms with Gasteiger partial charge >= 0.3 is 21.1 Å². The van der Waals surface area contributed by atoms with Gasteiger partial charge in [-0.25, -0.2) is 4.98 Å². The molecule has 1 aliphatic carbocycles. The Hall–Kier alpha value is -7.98. The summed E-state index contributed by atoms with van der Waals surface area (Å²) in [5, 5.41) is 2.19. The predicted molar refractivity (Wildman–Crippen MR) is 277 cm³/mol. The van der Waals surface area contributed by atoms with E-state index >= 15 is 0 Å². The zero-order chi connectivity index (χ0) is 45.5. The van der Waals surface area contributed by atoms with Gasteiger partial charge in [0.05, 0.1) is 22.1 Å². The number of hydrogen-bond acceptors (Lipinski definition) is 3.